The van der Waals surface area contributed by atoms with Gasteiger partial charge < -0.3 is 5.11 Å². The molecular weight excluding hydrogens is 390 g/mol. The Morgan fingerprint density at radius 3 is 2.68 bits per heavy atom. The lowest BCUT2D eigenvalue weighted by molar-refractivity contribution is -0.385. The number of nitro benzene ring substituents is 1. The van der Waals surface area contributed by atoms with Crippen molar-refractivity contribution in [3.8, 4) is 5.75 Å². The van der Waals surface area contributed by atoms with Crippen LogP contribution in [-0.4, -0.2) is 22.2 Å². The molecule has 2 aromatic carbocycles. The smallest absolute Gasteiger partial charge is 0.312 e. The molecule has 0 fully saturated rings. The van der Waals surface area contributed by atoms with E-state index in [4.69, 9.17) is 0 Å². The number of phenols is 1. The highest BCUT2D eigenvalue weighted by atomic mass is 79.9. The molecule has 0 bridgehead atoms. The van der Waals surface area contributed by atoms with Crippen LogP contribution in [0.2, 0.25) is 0 Å². The predicted octanol–water partition coefficient (Wildman–Crippen LogP) is 3.37. The maximum atomic E-state index is 11.9. The third-order valence-electron chi connectivity index (χ3n) is 3.61. The Kier molecular flexibility index (Phi) is 5.87. The van der Waals surface area contributed by atoms with Crippen LogP contribution in [0.25, 0.3) is 0 Å². The van der Waals surface area contributed by atoms with Gasteiger partial charge in [0.25, 0.3) is 0 Å². The molecule has 0 saturated carbocycles. The van der Waals surface area contributed by atoms with Gasteiger partial charge in [0.2, 0.25) is 11.7 Å². The largest absolute Gasteiger partial charge is 0.502 e. The van der Waals surface area contributed by atoms with Gasteiger partial charge in [0.15, 0.2) is 0 Å². The maximum absolute atomic E-state index is 11.9. The number of phenolic OH excluding ortho intramolecular Hbond substituents is 1. The lowest BCUT2D eigenvalue weighted by Gasteiger charge is -2.05. The number of carbonyl (C=O) groups is 1. The van der Waals surface area contributed by atoms with Crippen molar-refractivity contribution in [1.29, 1.82) is 0 Å². The summed E-state index contributed by atoms with van der Waals surface area (Å²) in [6.07, 6.45) is 1.31. The summed E-state index contributed by atoms with van der Waals surface area (Å²) < 4.78 is 0.417. The van der Waals surface area contributed by atoms with E-state index in [1.807, 2.05) is 32.0 Å². The number of aryl methyl sites for hydroxylation is 2. The Labute approximate surface area is 152 Å². The Balaban J connectivity index is 2.06. The fourth-order valence-electron chi connectivity index (χ4n) is 2.16. The number of rotatable bonds is 5. The molecule has 0 radical (unpaired) electrons. The van der Waals surface area contributed by atoms with E-state index in [0.717, 1.165) is 22.9 Å². The van der Waals surface area contributed by atoms with Gasteiger partial charge in [-0.05, 0) is 36.6 Å². The van der Waals surface area contributed by atoms with E-state index in [1.54, 1.807) is 0 Å². The zero-order valence-corrected chi connectivity index (χ0v) is 15.2. The second-order valence-electron chi connectivity index (χ2n) is 5.51. The summed E-state index contributed by atoms with van der Waals surface area (Å²) in [7, 11) is 0. The molecule has 0 unspecified atom stereocenters. The van der Waals surface area contributed by atoms with Gasteiger partial charge in [-0.1, -0.05) is 34.1 Å². The molecule has 0 heterocycles. The normalized spacial score (nSPS) is 10.8. The number of hydrazone groups is 1. The zero-order valence-electron chi connectivity index (χ0n) is 13.6. The summed E-state index contributed by atoms with van der Waals surface area (Å²) in [4.78, 5) is 22.1. The van der Waals surface area contributed by atoms with E-state index in [1.165, 1.54) is 12.1 Å². The van der Waals surface area contributed by atoms with Crippen molar-refractivity contribution in [2.24, 2.45) is 5.10 Å². The number of benzene rings is 2. The van der Waals surface area contributed by atoms with Crippen molar-refractivity contribution in [1.82, 2.24) is 5.43 Å². The van der Waals surface area contributed by atoms with Crippen LogP contribution in [0.4, 0.5) is 5.69 Å². The molecule has 2 aromatic rings. The van der Waals surface area contributed by atoms with Crippen LogP contribution < -0.4 is 5.43 Å². The van der Waals surface area contributed by atoms with Crippen LogP contribution in [0.15, 0.2) is 39.9 Å². The number of hydrogen-bond donors (Lipinski definition) is 2. The predicted molar refractivity (Wildman–Crippen MR) is 97.8 cm³/mol. The van der Waals surface area contributed by atoms with Gasteiger partial charge in [0.1, 0.15) is 0 Å². The second kappa shape index (κ2) is 7.89. The molecule has 0 aromatic heterocycles. The van der Waals surface area contributed by atoms with E-state index in [9.17, 15) is 20.0 Å². The van der Waals surface area contributed by atoms with Gasteiger partial charge in [-0.25, -0.2) is 5.43 Å². The number of nitro groups is 1. The highest BCUT2D eigenvalue weighted by Gasteiger charge is 2.17. The van der Waals surface area contributed by atoms with Gasteiger partial charge in [0, 0.05) is 16.1 Å². The average Bonchev–Trinajstić information content (AvgIpc) is 2.53. The van der Waals surface area contributed by atoms with Crippen molar-refractivity contribution in [2.45, 2.75) is 20.3 Å². The Morgan fingerprint density at radius 1 is 1.32 bits per heavy atom. The third kappa shape index (κ3) is 4.87. The number of carbonyl (C=O) groups excluding carboxylic acids is 1. The summed E-state index contributed by atoms with van der Waals surface area (Å²) in [5.74, 6) is -0.844. The molecule has 1 amide bonds. The van der Waals surface area contributed by atoms with Crippen molar-refractivity contribution in [3.63, 3.8) is 0 Å². The van der Waals surface area contributed by atoms with Gasteiger partial charge in [-0.15, -0.1) is 0 Å². The monoisotopic (exact) mass is 405 g/mol. The van der Waals surface area contributed by atoms with Gasteiger partial charge in [0.05, 0.1) is 17.6 Å². The van der Waals surface area contributed by atoms with Crippen LogP contribution in [-0.2, 0) is 11.2 Å². The van der Waals surface area contributed by atoms with E-state index >= 15 is 0 Å². The second-order valence-corrected chi connectivity index (χ2v) is 6.42. The van der Waals surface area contributed by atoms with Crippen LogP contribution in [0.1, 0.15) is 22.3 Å². The maximum Gasteiger partial charge on any atom is 0.312 e. The van der Waals surface area contributed by atoms with Crippen molar-refractivity contribution in [3.05, 3.63) is 67.2 Å². The molecule has 2 rings (SSSR count). The van der Waals surface area contributed by atoms with Crippen LogP contribution >= 0.6 is 15.9 Å². The number of amides is 1. The number of hydrogen-bond acceptors (Lipinski definition) is 5. The topological polar surface area (TPSA) is 105 Å². The molecule has 0 atom stereocenters. The molecule has 0 aliphatic heterocycles. The minimum absolute atomic E-state index is 0.118. The minimum Gasteiger partial charge on any atom is -0.502 e. The molecular formula is C17H16BrN3O4. The number of aromatic hydroxyl groups is 1. The average molecular weight is 406 g/mol. The number of nitrogens with zero attached hydrogens (tertiary/aromatic N) is 2. The highest BCUT2D eigenvalue weighted by Crippen LogP contribution is 2.32. The fourth-order valence-corrected chi connectivity index (χ4v) is 2.62. The number of nitrogens with one attached hydrogen (secondary N) is 1. The van der Waals surface area contributed by atoms with Gasteiger partial charge >= 0.3 is 5.69 Å². The lowest BCUT2D eigenvalue weighted by Crippen LogP contribution is -2.19. The summed E-state index contributed by atoms with van der Waals surface area (Å²) in [6, 6.07) is 8.39. The first-order valence-corrected chi connectivity index (χ1v) is 8.12. The SMILES string of the molecule is Cc1ccc(CC(=O)NN=Cc2cc(Br)cc([N+](=O)[O-])c2O)cc1C. The number of halogens is 1. The van der Waals surface area contributed by atoms with Gasteiger partial charge in [-0.2, -0.15) is 5.10 Å². The molecule has 130 valence electrons. The minimum atomic E-state index is -0.699. The lowest BCUT2D eigenvalue weighted by atomic mass is 10.0. The molecule has 0 spiro atoms. The van der Waals surface area contributed by atoms with E-state index in [2.05, 4.69) is 26.5 Å². The summed E-state index contributed by atoms with van der Waals surface area (Å²) in [6.45, 7) is 3.96. The van der Waals surface area contributed by atoms with E-state index in [0.29, 0.717) is 4.47 Å². The molecule has 7 nitrogen and oxygen atoms in total. The fraction of sp³-hybridized carbons (Fsp3) is 0.176. The van der Waals surface area contributed by atoms with Crippen molar-refractivity contribution < 1.29 is 14.8 Å². The molecule has 25 heavy (non-hydrogen) atoms. The first kappa shape index (κ1) is 18.6. The summed E-state index contributed by atoms with van der Waals surface area (Å²) in [5.41, 5.74) is 5.12. The molecule has 8 heteroatoms. The highest BCUT2D eigenvalue weighted by molar-refractivity contribution is 9.10. The first-order chi connectivity index (χ1) is 11.8. The van der Waals surface area contributed by atoms with E-state index in [-0.39, 0.29) is 17.9 Å². The molecule has 0 saturated heterocycles. The standard InChI is InChI=1S/C17H16BrN3O4/c1-10-3-4-12(5-11(10)2)6-16(22)20-19-9-13-7-14(18)8-15(17(13)23)21(24)25/h3-5,7-9,23H,6H2,1-2H3,(H,20,22). The molecule has 2 N–H and O–H groups in total. The van der Waals surface area contributed by atoms with Gasteiger partial charge in [-0.3, -0.25) is 14.9 Å². The Morgan fingerprint density at radius 2 is 2.04 bits per heavy atom. The summed E-state index contributed by atoms with van der Waals surface area (Å²) >= 11 is 3.13. The van der Waals surface area contributed by atoms with Crippen molar-refractivity contribution in [2.75, 3.05) is 0 Å². The third-order valence-corrected chi connectivity index (χ3v) is 4.07. The Hall–Kier alpha value is -2.74. The van der Waals surface area contributed by atoms with E-state index < -0.39 is 16.4 Å². The van der Waals surface area contributed by atoms with Crippen LogP contribution in [0.3, 0.4) is 0 Å². The molecule has 0 aliphatic carbocycles. The van der Waals surface area contributed by atoms with Crippen LogP contribution in [0.5, 0.6) is 5.75 Å². The Bertz CT molecular complexity index is 865. The quantitative estimate of drug-likeness (QED) is 0.451. The van der Waals surface area contributed by atoms with Crippen LogP contribution in [0, 0.1) is 24.0 Å². The molecule has 0 aliphatic rings. The zero-order chi connectivity index (χ0) is 18.6. The van der Waals surface area contributed by atoms with Crippen molar-refractivity contribution >= 4 is 33.7 Å². The summed E-state index contributed by atoms with van der Waals surface area (Å²) in [5, 5.41) is 24.5. The first-order valence-electron chi connectivity index (χ1n) is 7.33.